The summed E-state index contributed by atoms with van der Waals surface area (Å²) in [5.74, 6) is 0. The highest BCUT2D eigenvalue weighted by Gasteiger charge is 2.17. The zero-order valence-electron chi connectivity index (χ0n) is 28.9. The van der Waals surface area contributed by atoms with Crippen LogP contribution in [0, 0.1) is 11.3 Å². The Morgan fingerprint density at radius 2 is 0.755 bits per heavy atom. The molecule has 246 valence electrons. The van der Waals surface area contributed by atoms with E-state index < -0.39 is 0 Å². The maximum atomic E-state index is 10.2. The largest absolute Gasteiger partial charge is 0.309 e. The highest BCUT2D eigenvalue weighted by molar-refractivity contribution is 6.21. The zero-order valence-corrected chi connectivity index (χ0v) is 28.9. The number of nitriles is 1. The Labute approximate surface area is 308 Å². The zero-order chi connectivity index (χ0) is 35.3. The molecule has 0 N–H and O–H groups in total. The van der Waals surface area contributed by atoms with Crippen LogP contribution in [0.4, 0.5) is 0 Å². The number of hydrogen-bond donors (Lipinski definition) is 0. The first-order valence-corrected chi connectivity index (χ1v) is 18.0. The van der Waals surface area contributed by atoms with E-state index in [0.717, 1.165) is 33.5 Å². The van der Waals surface area contributed by atoms with Crippen molar-refractivity contribution < 1.29 is 0 Å². The predicted molar refractivity (Wildman–Crippen MR) is 222 cm³/mol. The van der Waals surface area contributed by atoms with Gasteiger partial charge in [-0.25, -0.2) is 0 Å². The van der Waals surface area contributed by atoms with Crippen LogP contribution < -0.4 is 0 Å². The number of fused-ring (bicyclic) bond motifs is 5. The van der Waals surface area contributed by atoms with E-state index in [-0.39, 0.29) is 0 Å². The second-order valence-electron chi connectivity index (χ2n) is 13.6. The van der Waals surface area contributed by atoms with Gasteiger partial charge in [0.05, 0.1) is 22.7 Å². The standard InChI is InChI=1S/C51H32N2/c52-33-39-27-26-38(34-28-30-40(31-29-34)53-48-20-10-8-14-41(48)42-15-9-11-21-49(42)53)32-47(39)35-22-24-37(25-23-35)51-45-18-6-4-16-43(45)50(36-12-2-1-3-13-36)44-17-5-7-19-46(44)51/h1-32H. The molecular formula is C51H32N2. The van der Waals surface area contributed by atoms with Crippen molar-refractivity contribution in [1.82, 2.24) is 4.57 Å². The fourth-order valence-electron chi connectivity index (χ4n) is 8.24. The Morgan fingerprint density at radius 1 is 0.340 bits per heavy atom. The molecule has 1 aromatic heterocycles. The number of rotatable bonds is 5. The van der Waals surface area contributed by atoms with Gasteiger partial charge >= 0.3 is 0 Å². The van der Waals surface area contributed by atoms with E-state index in [1.807, 2.05) is 6.07 Å². The molecule has 0 amide bonds. The lowest BCUT2D eigenvalue weighted by molar-refractivity contribution is 1.18. The molecule has 10 aromatic rings. The summed E-state index contributed by atoms with van der Waals surface area (Å²) in [6, 6.07) is 71.4. The third kappa shape index (κ3) is 5.02. The van der Waals surface area contributed by atoms with E-state index in [1.165, 1.54) is 60.0 Å². The van der Waals surface area contributed by atoms with Gasteiger partial charge in [0.15, 0.2) is 0 Å². The molecule has 2 nitrogen and oxygen atoms in total. The van der Waals surface area contributed by atoms with Gasteiger partial charge in [0.1, 0.15) is 0 Å². The lowest BCUT2D eigenvalue weighted by Gasteiger charge is -2.18. The molecule has 0 aliphatic carbocycles. The van der Waals surface area contributed by atoms with Crippen LogP contribution in [0.25, 0.3) is 93.5 Å². The Morgan fingerprint density at radius 3 is 1.28 bits per heavy atom. The van der Waals surface area contributed by atoms with Crippen LogP contribution in [0.15, 0.2) is 194 Å². The Bertz CT molecular complexity index is 2920. The average Bonchev–Trinajstić information content (AvgIpc) is 3.57. The first-order chi connectivity index (χ1) is 26.3. The molecule has 0 spiro atoms. The number of para-hydroxylation sites is 2. The second kappa shape index (κ2) is 12.5. The average molecular weight is 673 g/mol. The predicted octanol–water partition coefficient (Wildman–Crippen LogP) is 13.6. The fourth-order valence-corrected chi connectivity index (χ4v) is 8.24. The van der Waals surface area contributed by atoms with Crippen LogP contribution in [0.3, 0.4) is 0 Å². The molecule has 0 atom stereocenters. The lowest BCUT2D eigenvalue weighted by atomic mass is 9.85. The minimum atomic E-state index is 0.659. The summed E-state index contributed by atoms with van der Waals surface area (Å²) >= 11 is 0. The van der Waals surface area contributed by atoms with Crippen LogP contribution in [0.2, 0.25) is 0 Å². The van der Waals surface area contributed by atoms with Crippen LogP contribution >= 0.6 is 0 Å². The number of aromatic nitrogens is 1. The third-order valence-corrected chi connectivity index (χ3v) is 10.7. The molecule has 0 fully saturated rings. The van der Waals surface area contributed by atoms with E-state index in [4.69, 9.17) is 0 Å². The maximum absolute atomic E-state index is 10.2. The van der Waals surface area contributed by atoms with Crippen molar-refractivity contribution in [3.8, 4) is 56.3 Å². The van der Waals surface area contributed by atoms with E-state index in [0.29, 0.717) is 5.56 Å². The summed E-state index contributed by atoms with van der Waals surface area (Å²) in [7, 11) is 0. The Kier molecular flexibility index (Phi) is 7.23. The lowest BCUT2D eigenvalue weighted by Crippen LogP contribution is -1.94. The number of hydrogen-bond acceptors (Lipinski definition) is 1. The molecule has 53 heavy (non-hydrogen) atoms. The van der Waals surface area contributed by atoms with Crippen LogP contribution in [-0.2, 0) is 0 Å². The van der Waals surface area contributed by atoms with E-state index in [9.17, 15) is 5.26 Å². The van der Waals surface area contributed by atoms with Crippen LogP contribution in [0.1, 0.15) is 5.56 Å². The fraction of sp³-hybridized carbons (Fsp3) is 0. The summed E-state index contributed by atoms with van der Waals surface area (Å²) in [5.41, 5.74) is 13.1. The molecule has 0 saturated carbocycles. The van der Waals surface area contributed by atoms with Gasteiger partial charge in [0, 0.05) is 22.0 Å². The topological polar surface area (TPSA) is 28.7 Å². The first kappa shape index (κ1) is 30.6. The van der Waals surface area contributed by atoms with Gasteiger partial charge in [0.2, 0.25) is 0 Å². The molecule has 1 heterocycles. The third-order valence-electron chi connectivity index (χ3n) is 10.7. The molecule has 9 aromatic carbocycles. The Hall–Kier alpha value is -7.21. The van der Waals surface area contributed by atoms with Crippen molar-refractivity contribution in [2.24, 2.45) is 0 Å². The Balaban J connectivity index is 1.05. The van der Waals surface area contributed by atoms with Crippen LogP contribution in [0.5, 0.6) is 0 Å². The summed E-state index contributed by atoms with van der Waals surface area (Å²) in [6.07, 6.45) is 0. The van der Waals surface area contributed by atoms with Crippen molar-refractivity contribution in [3.05, 3.63) is 200 Å². The summed E-state index contributed by atoms with van der Waals surface area (Å²) in [4.78, 5) is 0. The minimum Gasteiger partial charge on any atom is -0.309 e. The molecule has 0 saturated heterocycles. The second-order valence-corrected chi connectivity index (χ2v) is 13.6. The number of nitrogens with zero attached hydrogens (tertiary/aromatic N) is 2. The summed E-state index contributed by atoms with van der Waals surface area (Å²) in [5, 5.41) is 17.6. The SMILES string of the molecule is N#Cc1ccc(-c2ccc(-n3c4ccccc4c4ccccc43)cc2)cc1-c1ccc(-c2c3ccccc3c(-c3ccccc3)c3ccccc23)cc1. The molecule has 0 bridgehead atoms. The highest BCUT2D eigenvalue weighted by atomic mass is 15.0. The maximum Gasteiger partial charge on any atom is 0.0998 e. The molecule has 0 aliphatic heterocycles. The molecule has 0 unspecified atom stereocenters. The summed E-state index contributed by atoms with van der Waals surface area (Å²) < 4.78 is 2.34. The van der Waals surface area contributed by atoms with Crippen molar-refractivity contribution in [1.29, 1.82) is 5.26 Å². The van der Waals surface area contributed by atoms with Crippen molar-refractivity contribution >= 4 is 43.4 Å². The van der Waals surface area contributed by atoms with E-state index in [1.54, 1.807) is 0 Å². The van der Waals surface area contributed by atoms with E-state index >= 15 is 0 Å². The first-order valence-electron chi connectivity index (χ1n) is 18.0. The van der Waals surface area contributed by atoms with E-state index in [2.05, 4.69) is 199 Å². The van der Waals surface area contributed by atoms with Crippen LogP contribution in [-0.4, -0.2) is 4.57 Å². The van der Waals surface area contributed by atoms with Crippen molar-refractivity contribution in [3.63, 3.8) is 0 Å². The van der Waals surface area contributed by atoms with Gasteiger partial charge < -0.3 is 4.57 Å². The normalized spacial score (nSPS) is 11.4. The molecule has 10 rings (SSSR count). The molecule has 0 radical (unpaired) electrons. The molecule has 0 aliphatic rings. The van der Waals surface area contributed by atoms with Gasteiger partial charge in [-0.2, -0.15) is 5.26 Å². The monoisotopic (exact) mass is 672 g/mol. The smallest absolute Gasteiger partial charge is 0.0998 e. The van der Waals surface area contributed by atoms with Gasteiger partial charge in [-0.1, -0.05) is 158 Å². The summed E-state index contributed by atoms with van der Waals surface area (Å²) in [6.45, 7) is 0. The van der Waals surface area contributed by atoms with Gasteiger partial charge in [-0.15, -0.1) is 0 Å². The number of benzene rings is 9. The molecular weight excluding hydrogens is 641 g/mol. The van der Waals surface area contributed by atoms with Crippen molar-refractivity contribution in [2.45, 2.75) is 0 Å². The minimum absolute atomic E-state index is 0.659. The van der Waals surface area contributed by atoms with Gasteiger partial charge in [0.25, 0.3) is 0 Å². The molecule has 2 heteroatoms. The highest BCUT2D eigenvalue weighted by Crippen LogP contribution is 2.44. The van der Waals surface area contributed by atoms with Gasteiger partial charge in [-0.3, -0.25) is 0 Å². The van der Waals surface area contributed by atoms with Crippen molar-refractivity contribution in [2.75, 3.05) is 0 Å². The van der Waals surface area contributed by atoms with Gasteiger partial charge in [-0.05, 0) is 96.9 Å². The quantitative estimate of drug-likeness (QED) is 0.167.